The Hall–Kier alpha value is -2.46. The zero-order valence-electron chi connectivity index (χ0n) is 8.01. The van der Waals surface area contributed by atoms with E-state index in [2.05, 4.69) is 0 Å². The van der Waals surface area contributed by atoms with Crippen LogP contribution in [0.15, 0.2) is 12.1 Å². The van der Waals surface area contributed by atoms with Crippen LogP contribution in [0.3, 0.4) is 0 Å². The molecule has 0 heterocycles. The molecule has 0 aliphatic carbocycles. The van der Waals surface area contributed by atoms with Gasteiger partial charge in [-0.2, -0.15) is 5.26 Å². The first-order valence-electron chi connectivity index (χ1n) is 4.16. The molecular weight excluding hydrogens is 214 g/mol. The summed E-state index contributed by atoms with van der Waals surface area (Å²) in [5.74, 6) is -1.46. The zero-order valence-corrected chi connectivity index (χ0v) is 8.01. The van der Waals surface area contributed by atoms with Crippen molar-refractivity contribution in [1.29, 1.82) is 5.26 Å². The third-order valence-corrected chi connectivity index (χ3v) is 1.95. The molecule has 82 valence electrons. The molecule has 16 heavy (non-hydrogen) atoms. The highest BCUT2D eigenvalue weighted by atomic mass is 16.6. The summed E-state index contributed by atoms with van der Waals surface area (Å²) in [5, 5.41) is 28.1. The summed E-state index contributed by atoms with van der Waals surface area (Å²) in [6.45, 7) is -0.202. The quantitative estimate of drug-likeness (QED) is 0.568. The van der Waals surface area contributed by atoms with Crippen LogP contribution in [0, 0.1) is 21.4 Å². The third kappa shape index (κ3) is 1.97. The number of nitro benzene ring substituents is 1. The highest BCUT2D eigenvalue weighted by Gasteiger charge is 2.24. The monoisotopic (exact) mass is 221 g/mol. The van der Waals surface area contributed by atoms with Crippen LogP contribution in [0.1, 0.15) is 21.5 Å². The lowest BCUT2D eigenvalue weighted by atomic mass is 10.0. The molecular formula is C9H7N3O4. The molecule has 0 spiro atoms. The SMILES string of the molecule is N#Cc1cc(CN)c([N+](=O)[O-])c(C(=O)O)c1. The summed E-state index contributed by atoms with van der Waals surface area (Å²) in [6.07, 6.45) is 0. The molecule has 0 fully saturated rings. The maximum Gasteiger partial charge on any atom is 0.342 e. The first-order valence-corrected chi connectivity index (χ1v) is 4.16. The number of nitriles is 1. The fourth-order valence-corrected chi connectivity index (χ4v) is 1.29. The van der Waals surface area contributed by atoms with E-state index in [1.54, 1.807) is 6.07 Å². The van der Waals surface area contributed by atoms with Gasteiger partial charge in [0.2, 0.25) is 0 Å². The zero-order chi connectivity index (χ0) is 12.3. The Labute approximate surface area is 89.9 Å². The topological polar surface area (TPSA) is 130 Å². The van der Waals surface area contributed by atoms with Crippen molar-refractivity contribution in [2.45, 2.75) is 6.54 Å². The van der Waals surface area contributed by atoms with Gasteiger partial charge in [-0.1, -0.05) is 0 Å². The number of hydrogen-bond acceptors (Lipinski definition) is 5. The van der Waals surface area contributed by atoms with E-state index in [4.69, 9.17) is 16.1 Å². The summed E-state index contributed by atoms with van der Waals surface area (Å²) in [7, 11) is 0. The Morgan fingerprint density at radius 1 is 1.62 bits per heavy atom. The van der Waals surface area contributed by atoms with Crippen LogP contribution >= 0.6 is 0 Å². The van der Waals surface area contributed by atoms with Crippen molar-refractivity contribution in [2.75, 3.05) is 0 Å². The second-order valence-corrected chi connectivity index (χ2v) is 2.91. The standard InChI is InChI=1S/C9H7N3O4/c10-3-5-1-6(4-11)8(12(15)16)7(2-5)9(13)14/h1-2H,4,11H2,(H,13,14). The van der Waals surface area contributed by atoms with Crippen LogP contribution in [0.4, 0.5) is 5.69 Å². The van der Waals surface area contributed by atoms with Gasteiger partial charge < -0.3 is 10.8 Å². The number of carboxylic acid groups (broad SMARTS) is 1. The summed E-state index contributed by atoms with van der Waals surface area (Å²) < 4.78 is 0. The Kier molecular flexibility index (Phi) is 3.17. The van der Waals surface area contributed by atoms with Gasteiger partial charge in [-0.25, -0.2) is 4.79 Å². The largest absolute Gasteiger partial charge is 0.477 e. The molecule has 1 aromatic carbocycles. The van der Waals surface area contributed by atoms with Gasteiger partial charge in [-0.15, -0.1) is 0 Å². The van der Waals surface area contributed by atoms with Gasteiger partial charge in [0.05, 0.1) is 16.6 Å². The molecule has 1 aromatic rings. The lowest BCUT2D eigenvalue weighted by Crippen LogP contribution is -2.09. The number of carboxylic acids is 1. The van der Waals surface area contributed by atoms with Crippen LogP contribution in [-0.2, 0) is 6.54 Å². The number of hydrogen-bond donors (Lipinski definition) is 2. The number of aromatic carboxylic acids is 1. The van der Waals surface area contributed by atoms with Crippen LogP contribution in [0.2, 0.25) is 0 Å². The molecule has 0 amide bonds. The molecule has 0 aromatic heterocycles. The number of nitrogens with two attached hydrogens (primary N) is 1. The van der Waals surface area contributed by atoms with Crippen molar-refractivity contribution in [2.24, 2.45) is 5.73 Å². The highest BCUT2D eigenvalue weighted by Crippen LogP contribution is 2.25. The number of benzene rings is 1. The summed E-state index contributed by atoms with van der Waals surface area (Å²) in [5.41, 5.74) is 4.25. The van der Waals surface area contributed by atoms with E-state index in [9.17, 15) is 14.9 Å². The number of carbonyl (C=O) groups is 1. The third-order valence-electron chi connectivity index (χ3n) is 1.95. The van der Waals surface area contributed by atoms with Crippen molar-refractivity contribution >= 4 is 11.7 Å². The van der Waals surface area contributed by atoms with E-state index >= 15 is 0 Å². The molecule has 0 aliphatic rings. The van der Waals surface area contributed by atoms with Gasteiger partial charge in [0.15, 0.2) is 0 Å². The van der Waals surface area contributed by atoms with E-state index in [1.807, 2.05) is 0 Å². The molecule has 3 N–H and O–H groups in total. The average Bonchev–Trinajstić information content (AvgIpc) is 2.26. The number of rotatable bonds is 3. The number of nitro groups is 1. The minimum Gasteiger partial charge on any atom is -0.477 e. The van der Waals surface area contributed by atoms with Crippen molar-refractivity contribution in [3.63, 3.8) is 0 Å². The lowest BCUT2D eigenvalue weighted by molar-refractivity contribution is -0.385. The van der Waals surface area contributed by atoms with E-state index in [1.165, 1.54) is 6.07 Å². The van der Waals surface area contributed by atoms with E-state index in [0.29, 0.717) is 0 Å². The van der Waals surface area contributed by atoms with Gasteiger partial charge in [0, 0.05) is 12.1 Å². The predicted octanol–water partition coefficient (Wildman–Crippen LogP) is 0.623. The molecule has 0 unspecified atom stereocenters. The van der Waals surface area contributed by atoms with Crippen molar-refractivity contribution in [1.82, 2.24) is 0 Å². The predicted molar refractivity (Wildman–Crippen MR) is 52.7 cm³/mol. The van der Waals surface area contributed by atoms with E-state index in [0.717, 1.165) is 6.07 Å². The second-order valence-electron chi connectivity index (χ2n) is 2.91. The van der Waals surface area contributed by atoms with Crippen LogP contribution in [0.25, 0.3) is 0 Å². The fourth-order valence-electron chi connectivity index (χ4n) is 1.29. The van der Waals surface area contributed by atoms with Gasteiger partial charge in [-0.05, 0) is 12.1 Å². The van der Waals surface area contributed by atoms with E-state index in [-0.39, 0.29) is 17.7 Å². The van der Waals surface area contributed by atoms with Crippen molar-refractivity contribution in [3.05, 3.63) is 38.9 Å². The molecule has 1 rings (SSSR count). The molecule has 0 aliphatic heterocycles. The van der Waals surface area contributed by atoms with Gasteiger partial charge in [0.1, 0.15) is 5.56 Å². The highest BCUT2D eigenvalue weighted by molar-refractivity contribution is 5.93. The molecule has 7 heteroatoms. The molecule has 0 atom stereocenters. The van der Waals surface area contributed by atoms with Crippen LogP contribution in [0.5, 0.6) is 0 Å². The minimum absolute atomic E-state index is 0.0291. The Morgan fingerprint density at radius 2 is 2.25 bits per heavy atom. The van der Waals surface area contributed by atoms with Gasteiger partial charge >= 0.3 is 5.97 Å². The normalized spacial score (nSPS) is 9.50. The minimum atomic E-state index is -1.46. The van der Waals surface area contributed by atoms with Crippen LogP contribution in [-0.4, -0.2) is 16.0 Å². The molecule has 0 bridgehead atoms. The second kappa shape index (κ2) is 4.37. The summed E-state index contributed by atoms with van der Waals surface area (Å²) >= 11 is 0. The first kappa shape index (κ1) is 11.6. The molecule has 0 saturated heterocycles. The maximum absolute atomic E-state index is 10.8. The average molecular weight is 221 g/mol. The smallest absolute Gasteiger partial charge is 0.342 e. The molecule has 7 nitrogen and oxygen atoms in total. The summed E-state index contributed by atoms with van der Waals surface area (Å²) in [4.78, 5) is 20.7. The maximum atomic E-state index is 10.8. The molecule has 0 radical (unpaired) electrons. The van der Waals surface area contributed by atoms with Crippen molar-refractivity contribution < 1.29 is 14.8 Å². The van der Waals surface area contributed by atoms with Crippen LogP contribution < -0.4 is 5.73 Å². The molecule has 0 saturated carbocycles. The lowest BCUT2D eigenvalue weighted by Gasteiger charge is -2.04. The van der Waals surface area contributed by atoms with E-state index < -0.39 is 22.1 Å². The number of nitrogens with zero attached hydrogens (tertiary/aromatic N) is 2. The Morgan fingerprint density at radius 3 is 2.62 bits per heavy atom. The Bertz CT molecular complexity index is 504. The fraction of sp³-hybridized carbons (Fsp3) is 0.111. The first-order chi connectivity index (χ1) is 7.51. The van der Waals surface area contributed by atoms with Gasteiger partial charge in [0.25, 0.3) is 5.69 Å². The van der Waals surface area contributed by atoms with Gasteiger partial charge in [-0.3, -0.25) is 10.1 Å². The Balaban J connectivity index is 3.62. The van der Waals surface area contributed by atoms with Crippen molar-refractivity contribution in [3.8, 4) is 6.07 Å². The summed E-state index contributed by atoms with van der Waals surface area (Å²) in [6, 6.07) is 3.89.